The first kappa shape index (κ1) is 21.7. The lowest BCUT2D eigenvalue weighted by Gasteiger charge is -2.18. The van der Waals surface area contributed by atoms with Gasteiger partial charge in [0.05, 0.1) is 13.7 Å². The van der Waals surface area contributed by atoms with Crippen LogP contribution in [0.15, 0.2) is 72.8 Å². The summed E-state index contributed by atoms with van der Waals surface area (Å²) in [6, 6.07) is 20.7. The molecule has 0 heterocycles. The average Bonchev–Trinajstić information content (AvgIpc) is 2.79. The van der Waals surface area contributed by atoms with E-state index < -0.39 is 5.91 Å². The van der Waals surface area contributed by atoms with Crippen molar-refractivity contribution < 1.29 is 23.8 Å². The largest absolute Gasteiger partial charge is 0.493 e. The predicted molar refractivity (Wildman–Crippen MR) is 117 cm³/mol. The highest BCUT2D eigenvalue weighted by Crippen LogP contribution is 2.26. The third-order valence-electron chi connectivity index (χ3n) is 4.58. The van der Waals surface area contributed by atoms with Crippen molar-refractivity contribution in [2.24, 2.45) is 5.73 Å². The van der Waals surface area contributed by atoms with Crippen molar-refractivity contribution in [2.75, 3.05) is 27.3 Å². The standard InChI is InChI=1S/C24H24N2O5/c1-26(15-16-30-22-6-4-3-5-21(22)29-2)24(28)18-9-13-20(14-10-18)31-19-11-7-17(8-12-19)23(25)27/h3-14H,15-16H2,1-2H3,(H2,25,27). The summed E-state index contributed by atoms with van der Waals surface area (Å²) in [7, 11) is 3.31. The van der Waals surface area contributed by atoms with Gasteiger partial charge in [-0.15, -0.1) is 0 Å². The van der Waals surface area contributed by atoms with Gasteiger partial charge < -0.3 is 24.8 Å². The van der Waals surface area contributed by atoms with Gasteiger partial charge in [-0.05, 0) is 60.7 Å². The van der Waals surface area contributed by atoms with Crippen LogP contribution in [0.2, 0.25) is 0 Å². The first-order valence-corrected chi connectivity index (χ1v) is 9.67. The van der Waals surface area contributed by atoms with Gasteiger partial charge in [0.2, 0.25) is 5.91 Å². The van der Waals surface area contributed by atoms with Gasteiger partial charge >= 0.3 is 0 Å². The Balaban J connectivity index is 1.53. The van der Waals surface area contributed by atoms with Crippen molar-refractivity contribution in [3.8, 4) is 23.0 Å². The van der Waals surface area contributed by atoms with Gasteiger partial charge in [-0.1, -0.05) is 12.1 Å². The molecular formula is C24H24N2O5. The second-order valence-corrected chi connectivity index (χ2v) is 6.74. The number of likely N-dealkylation sites (N-methyl/N-ethyl adjacent to an activating group) is 1. The molecule has 0 aromatic heterocycles. The Bertz CT molecular complexity index is 1030. The molecule has 0 fully saturated rings. The van der Waals surface area contributed by atoms with Crippen LogP contribution in [0, 0.1) is 0 Å². The van der Waals surface area contributed by atoms with E-state index in [0.29, 0.717) is 47.3 Å². The lowest BCUT2D eigenvalue weighted by molar-refractivity contribution is 0.0773. The highest BCUT2D eigenvalue weighted by molar-refractivity contribution is 5.94. The molecule has 0 atom stereocenters. The molecule has 3 rings (SSSR count). The predicted octanol–water partition coefficient (Wildman–Crippen LogP) is 3.74. The molecular weight excluding hydrogens is 396 g/mol. The van der Waals surface area contributed by atoms with E-state index in [2.05, 4.69) is 0 Å². The molecule has 0 aliphatic heterocycles. The number of nitrogens with zero attached hydrogens (tertiary/aromatic N) is 1. The number of primary amides is 1. The van der Waals surface area contributed by atoms with Crippen LogP contribution in [-0.4, -0.2) is 44.0 Å². The van der Waals surface area contributed by atoms with E-state index in [9.17, 15) is 9.59 Å². The van der Waals surface area contributed by atoms with Crippen LogP contribution in [0.1, 0.15) is 20.7 Å². The van der Waals surface area contributed by atoms with Crippen molar-refractivity contribution in [3.05, 3.63) is 83.9 Å². The lowest BCUT2D eigenvalue weighted by atomic mass is 10.2. The monoisotopic (exact) mass is 420 g/mol. The Kier molecular flexibility index (Phi) is 7.11. The number of benzene rings is 3. The Morgan fingerprint density at radius 1 is 0.839 bits per heavy atom. The highest BCUT2D eigenvalue weighted by atomic mass is 16.5. The van der Waals surface area contributed by atoms with Crippen molar-refractivity contribution >= 4 is 11.8 Å². The number of rotatable bonds is 9. The molecule has 160 valence electrons. The van der Waals surface area contributed by atoms with Crippen LogP contribution in [0.3, 0.4) is 0 Å². The second-order valence-electron chi connectivity index (χ2n) is 6.74. The summed E-state index contributed by atoms with van der Waals surface area (Å²) in [5, 5.41) is 0. The van der Waals surface area contributed by atoms with E-state index in [-0.39, 0.29) is 5.91 Å². The molecule has 0 saturated heterocycles. The minimum Gasteiger partial charge on any atom is -0.493 e. The van der Waals surface area contributed by atoms with Crippen molar-refractivity contribution in [1.82, 2.24) is 4.90 Å². The van der Waals surface area contributed by atoms with Gasteiger partial charge in [0, 0.05) is 18.2 Å². The van der Waals surface area contributed by atoms with E-state index >= 15 is 0 Å². The molecule has 31 heavy (non-hydrogen) atoms. The topological polar surface area (TPSA) is 91.1 Å². The maximum absolute atomic E-state index is 12.6. The van der Waals surface area contributed by atoms with Gasteiger partial charge in [-0.2, -0.15) is 0 Å². The summed E-state index contributed by atoms with van der Waals surface area (Å²) in [4.78, 5) is 25.4. The van der Waals surface area contributed by atoms with Crippen LogP contribution < -0.4 is 19.9 Å². The first-order valence-electron chi connectivity index (χ1n) is 9.67. The lowest BCUT2D eigenvalue weighted by Crippen LogP contribution is -2.30. The summed E-state index contributed by atoms with van der Waals surface area (Å²) < 4.78 is 16.7. The zero-order valence-corrected chi connectivity index (χ0v) is 17.4. The summed E-state index contributed by atoms with van der Waals surface area (Å²) >= 11 is 0. The van der Waals surface area contributed by atoms with E-state index in [0.717, 1.165) is 0 Å². The highest BCUT2D eigenvalue weighted by Gasteiger charge is 2.12. The summed E-state index contributed by atoms with van der Waals surface area (Å²) in [6.45, 7) is 0.756. The summed E-state index contributed by atoms with van der Waals surface area (Å²) in [6.07, 6.45) is 0. The minimum absolute atomic E-state index is 0.124. The number of hydrogen-bond acceptors (Lipinski definition) is 5. The number of carbonyl (C=O) groups excluding carboxylic acids is 2. The van der Waals surface area contributed by atoms with Gasteiger partial charge in [0.25, 0.3) is 5.91 Å². The van der Waals surface area contributed by atoms with Crippen LogP contribution in [0.25, 0.3) is 0 Å². The van der Waals surface area contributed by atoms with Gasteiger partial charge in [0.1, 0.15) is 18.1 Å². The van der Waals surface area contributed by atoms with Crippen molar-refractivity contribution in [3.63, 3.8) is 0 Å². The fourth-order valence-electron chi connectivity index (χ4n) is 2.84. The van der Waals surface area contributed by atoms with Gasteiger partial charge in [-0.3, -0.25) is 9.59 Å². The molecule has 2 N–H and O–H groups in total. The van der Waals surface area contributed by atoms with E-state index in [1.807, 2.05) is 24.3 Å². The van der Waals surface area contributed by atoms with Crippen LogP contribution in [0.4, 0.5) is 0 Å². The minimum atomic E-state index is -0.494. The number of ether oxygens (including phenoxy) is 3. The molecule has 2 amide bonds. The van der Waals surface area contributed by atoms with E-state index in [4.69, 9.17) is 19.9 Å². The normalized spacial score (nSPS) is 10.3. The average molecular weight is 420 g/mol. The molecule has 3 aromatic rings. The van der Waals surface area contributed by atoms with E-state index in [1.54, 1.807) is 67.6 Å². The van der Waals surface area contributed by atoms with Crippen molar-refractivity contribution in [2.45, 2.75) is 0 Å². The van der Waals surface area contributed by atoms with E-state index in [1.165, 1.54) is 0 Å². The zero-order valence-electron chi connectivity index (χ0n) is 17.4. The molecule has 0 aliphatic carbocycles. The van der Waals surface area contributed by atoms with Gasteiger partial charge in [0.15, 0.2) is 11.5 Å². The molecule has 0 saturated carbocycles. The number of nitrogens with two attached hydrogens (primary N) is 1. The number of methoxy groups -OCH3 is 1. The Morgan fingerprint density at radius 3 is 1.94 bits per heavy atom. The smallest absolute Gasteiger partial charge is 0.253 e. The van der Waals surface area contributed by atoms with Gasteiger partial charge in [-0.25, -0.2) is 0 Å². The van der Waals surface area contributed by atoms with Crippen LogP contribution in [-0.2, 0) is 0 Å². The summed E-state index contributed by atoms with van der Waals surface area (Å²) in [5.41, 5.74) is 6.18. The Morgan fingerprint density at radius 2 is 1.39 bits per heavy atom. The van der Waals surface area contributed by atoms with Crippen molar-refractivity contribution in [1.29, 1.82) is 0 Å². The molecule has 0 spiro atoms. The third kappa shape index (κ3) is 5.76. The van der Waals surface area contributed by atoms with Crippen LogP contribution in [0.5, 0.6) is 23.0 Å². The molecule has 3 aromatic carbocycles. The fraction of sp³-hybridized carbons (Fsp3) is 0.167. The molecule has 0 aliphatic rings. The molecule has 0 radical (unpaired) electrons. The Hall–Kier alpha value is -4.00. The third-order valence-corrected chi connectivity index (χ3v) is 4.58. The maximum Gasteiger partial charge on any atom is 0.253 e. The molecule has 7 heteroatoms. The maximum atomic E-state index is 12.6. The first-order chi connectivity index (χ1) is 15.0. The quantitative estimate of drug-likeness (QED) is 0.569. The number of hydrogen-bond donors (Lipinski definition) is 1. The number of amides is 2. The zero-order chi connectivity index (χ0) is 22.2. The fourth-order valence-corrected chi connectivity index (χ4v) is 2.84. The number of para-hydroxylation sites is 2. The summed E-state index contributed by atoms with van der Waals surface area (Å²) in [5.74, 6) is 1.81. The van der Waals surface area contributed by atoms with Crippen LogP contribution >= 0.6 is 0 Å². The molecule has 0 unspecified atom stereocenters. The Labute approximate surface area is 180 Å². The SMILES string of the molecule is COc1ccccc1OCCN(C)C(=O)c1ccc(Oc2ccc(C(N)=O)cc2)cc1. The second kappa shape index (κ2) is 10.2. The molecule has 0 bridgehead atoms. The number of carbonyl (C=O) groups is 2. The molecule has 7 nitrogen and oxygen atoms in total.